The largest absolute Gasteiger partial charge is 0.507 e. The summed E-state index contributed by atoms with van der Waals surface area (Å²) in [6.45, 7) is 0. The minimum atomic E-state index is 0.215. The number of para-hydroxylation sites is 1. The molecule has 0 unspecified atom stereocenters. The maximum atomic E-state index is 9.61. The van der Waals surface area contributed by atoms with Gasteiger partial charge in [-0.3, -0.25) is 0 Å². The highest BCUT2D eigenvalue weighted by atomic mass is 16.3. The van der Waals surface area contributed by atoms with E-state index in [1.165, 1.54) is 0 Å². The molecule has 0 aliphatic carbocycles. The van der Waals surface area contributed by atoms with E-state index in [1.807, 2.05) is 18.2 Å². The van der Waals surface area contributed by atoms with Crippen molar-refractivity contribution < 1.29 is 5.11 Å². The van der Waals surface area contributed by atoms with Crippen molar-refractivity contribution >= 4 is 5.82 Å². The predicted molar refractivity (Wildman–Crippen MR) is 55.8 cm³/mol. The van der Waals surface area contributed by atoms with Gasteiger partial charge < -0.3 is 10.8 Å². The minimum absolute atomic E-state index is 0.215. The van der Waals surface area contributed by atoms with E-state index in [9.17, 15) is 5.11 Å². The van der Waals surface area contributed by atoms with Crippen molar-refractivity contribution in [2.24, 2.45) is 0 Å². The number of aromatic hydroxyl groups is 1. The molecule has 0 aliphatic rings. The number of rotatable bonds is 1. The van der Waals surface area contributed by atoms with Gasteiger partial charge in [0.05, 0.1) is 0 Å². The van der Waals surface area contributed by atoms with Gasteiger partial charge in [-0.1, -0.05) is 18.2 Å². The van der Waals surface area contributed by atoms with Crippen molar-refractivity contribution in [3.8, 4) is 16.9 Å². The molecule has 70 valence electrons. The third-order valence-corrected chi connectivity index (χ3v) is 2.03. The van der Waals surface area contributed by atoms with Crippen LogP contribution in [-0.4, -0.2) is 10.1 Å². The number of nitrogens with two attached hydrogens (primary N) is 1. The zero-order valence-electron chi connectivity index (χ0n) is 7.51. The minimum Gasteiger partial charge on any atom is -0.507 e. The van der Waals surface area contributed by atoms with Crippen LogP contribution in [0.25, 0.3) is 11.1 Å². The summed E-state index contributed by atoms with van der Waals surface area (Å²) in [6.07, 6.45) is 1.62. The van der Waals surface area contributed by atoms with Gasteiger partial charge in [0, 0.05) is 17.3 Å². The lowest BCUT2D eigenvalue weighted by Crippen LogP contribution is -1.92. The Morgan fingerprint density at radius 2 is 1.71 bits per heavy atom. The number of anilines is 1. The highest BCUT2D eigenvalue weighted by molar-refractivity contribution is 5.77. The maximum absolute atomic E-state index is 9.61. The monoisotopic (exact) mass is 186 g/mol. The first-order valence-corrected chi connectivity index (χ1v) is 4.28. The summed E-state index contributed by atoms with van der Waals surface area (Å²) in [7, 11) is 0. The van der Waals surface area contributed by atoms with Gasteiger partial charge in [-0.25, -0.2) is 4.98 Å². The second-order valence-corrected chi connectivity index (χ2v) is 2.95. The summed E-state index contributed by atoms with van der Waals surface area (Å²) in [4.78, 5) is 3.96. The highest BCUT2D eigenvalue weighted by Crippen LogP contribution is 2.31. The normalized spacial score (nSPS) is 10.0. The number of phenolic OH excluding ortho intramolecular Hbond substituents is 1. The Kier molecular flexibility index (Phi) is 2.07. The zero-order valence-corrected chi connectivity index (χ0v) is 7.51. The molecular formula is C11H10N2O. The Morgan fingerprint density at radius 1 is 1.00 bits per heavy atom. The van der Waals surface area contributed by atoms with Gasteiger partial charge in [0.15, 0.2) is 0 Å². The molecule has 0 saturated carbocycles. The number of aromatic nitrogens is 1. The molecule has 1 aromatic carbocycles. The van der Waals surface area contributed by atoms with Gasteiger partial charge >= 0.3 is 0 Å². The first kappa shape index (κ1) is 8.56. The van der Waals surface area contributed by atoms with Crippen LogP contribution in [0, 0.1) is 0 Å². The number of nitrogen functional groups attached to an aromatic ring is 1. The smallest absolute Gasteiger partial charge is 0.131 e. The fourth-order valence-corrected chi connectivity index (χ4v) is 1.35. The van der Waals surface area contributed by atoms with E-state index < -0.39 is 0 Å². The van der Waals surface area contributed by atoms with Gasteiger partial charge in [0.2, 0.25) is 0 Å². The summed E-state index contributed by atoms with van der Waals surface area (Å²) in [6, 6.07) is 10.7. The molecule has 0 bridgehead atoms. The molecule has 1 aromatic heterocycles. The lowest BCUT2D eigenvalue weighted by molar-refractivity contribution is 0.477. The van der Waals surface area contributed by atoms with Gasteiger partial charge in [0.25, 0.3) is 0 Å². The molecule has 0 radical (unpaired) electrons. The van der Waals surface area contributed by atoms with Crippen LogP contribution in [0.15, 0.2) is 42.6 Å². The molecule has 0 spiro atoms. The number of hydrogen-bond donors (Lipinski definition) is 2. The molecule has 2 aromatic rings. The standard InChI is InChI=1S/C11H10N2O/c12-11-9(5-3-7-13-11)8-4-1-2-6-10(8)14/h1-7,14H,(H2,12,13). The average Bonchev–Trinajstić information content (AvgIpc) is 2.20. The van der Waals surface area contributed by atoms with Crippen LogP contribution in [0.1, 0.15) is 0 Å². The fraction of sp³-hybridized carbons (Fsp3) is 0. The Bertz CT molecular complexity index is 411. The number of nitrogens with zero attached hydrogens (tertiary/aromatic N) is 1. The van der Waals surface area contributed by atoms with Crippen LogP contribution in [0.5, 0.6) is 5.75 Å². The number of pyridine rings is 1. The zero-order chi connectivity index (χ0) is 9.97. The molecule has 0 fully saturated rings. The van der Waals surface area contributed by atoms with E-state index >= 15 is 0 Å². The van der Waals surface area contributed by atoms with Gasteiger partial charge in [-0.15, -0.1) is 0 Å². The molecule has 0 atom stereocenters. The van der Waals surface area contributed by atoms with Crippen molar-refractivity contribution in [1.29, 1.82) is 0 Å². The Morgan fingerprint density at radius 3 is 2.43 bits per heavy atom. The summed E-state index contributed by atoms with van der Waals surface area (Å²) < 4.78 is 0. The molecule has 3 N–H and O–H groups in total. The van der Waals surface area contributed by atoms with Crippen molar-refractivity contribution in [2.45, 2.75) is 0 Å². The molecular weight excluding hydrogens is 176 g/mol. The van der Waals surface area contributed by atoms with Gasteiger partial charge in [-0.2, -0.15) is 0 Å². The lowest BCUT2D eigenvalue weighted by atomic mass is 10.1. The molecule has 3 nitrogen and oxygen atoms in total. The van der Waals surface area contributed by atoms with Gasteiger partial charge in [-0.05, 0) is 18.2 Å². The second-order valence-electron chi connectivity index (χ2n) is 2.95. The Hall–Kier alpha value is -2.03. The Labute approximate surface area is 81.8 Å². The van der Waals surface area contributed by atoms with Crippen LogP contribution >= 0.6 is 0 Å². The van der Waals surface area contributed by atoms with Crippen LogP contribution in [-0.2, 0) is 0 Å². The van der Waals surface area contributed by atoms with E-state index in [4.69, 9.17) is 5.73 Å². The number of phenols is 1. The average molecular weight is 186 g/mol. The van der Waals surface area contributed by atoms with Crippen molar-refractivity contribution in [2.75, 3.05) is 5.73 Å². The first-order chi connectivity index (χ1) is 6.79. The summed E-state index contributed by atoms with van der Waals surface area (Å²) in [5, 5.41) is 9.61. The second kappa shape index (κ2) is 3.38. The number of hydrogen-bond acceptors (Lipinski definition) is 3. The summed E-state index contributed by atoms with van der Waals surface area (Å²) >= 11 is 0. The molecule has 1 heterocycles. The van der Waals surface area contributed by atoms with E-state index in [2.05, 4.69) is 4.98 Å². The van der Waals surface area contributed by atoms with Crippen LogP contribution in [0.3, 0.4) is 0 Å². The van der Waals surface area contributed by atoms with Crippen LogP contribution in [0.4, 0.5) is 5.82 Å². The summed E-state index contributed by atoms with van der Waals surface area (Å²) in [5.74, 6) is 0.640. The predicted octanol–water partition coefficient (Wildman–Crippen LogP) is 2.04. The molecule has 0 amide bonds. The lowest BCUT2D eigenvalue weighted by Gasteiger charge is -2.05. The maximum Gasteiger partial charge on any atom is 0.131 e. The van der Waals surface area contributed by atoms with Crippen LogP contribution in [0.2, 0.25) is 0 Å². The quantitative estimate of drug-likeness (QED) is 0.716. The number of benzene rings is 1. The molecule has 14 heavy (non-hydrogen) atoms. The highest BCUT2D eigenvalue weighted by Gasteiger charge is 2.06. The molecule has 3 heteroatoms. The molecule has 0 saturated heterocycles. The van der Waals surface area contributed by atoms with E-state index in [1.54, 1.807) is 24.4 Å². The van der Waals surface area contributed by atoms with E-state index in [0.29, 0.717) is 11.4 Å². The Balaban J connectivity index is 2.61. The van der Waals surface area contributed by atoms with E-state index in [-0.39, 0.29) is 5.75 Å². The fourth-order valence-electron chi connectivity index (χ4n) is 1.35. The first-order valence-electron chi connectivity index (χ1n) is 4.28. The van der Waals surface area contributed by atoms with E-state index in [0.717, 1.165) is 5.56 Å². The SMILES string of the molecule is Nc1ncccc1-c1ccccc1O. The topological polar surface area (TPSA) is 59.1 Å². The summed E-state index contributed by atoms with van der Waals surface area (Å²) in [5.41, 5.74) is 7.16. The van der Waals surface area contributed by atoms with Crippen molar-refractivity contribution in [1.82, 2.24) is 4.98 Å². The molecule has 0 aliphatic heterocycles. The third-order valence-electron chi connectivity index (χ3n) is 2.03. The van der Waals surface area contributed by atoms with Gasteiger partial charge in [0.1, 0.15) is 11.6 Å². The van der Waals surface area contributed by atoms with Crippen molar-refractivity contribution in [3.63, 3.8) is 0 Å². The third kappa shape index (κ3) is 1.40. The molecule has 2 rings (SSSR count). The van der Waals surface area contributed by atoms with Crippen molar-refractivity contribution in [3.05, 3.63) is 42.6 Å². The van der Waals surface area contributed by atoms with Crippen LogP contribution < -0.4 is 5.73 Å².